The summed E-state index contributed by atoms with van der Waals surface area (Å²) in [6.45, 7) is 2.06. The van der Waals surface area contributed by atoms with Crippen molar-refractivity contribution < 1.29 is 9.59 Å². The molecule has 0 aromatic carbocycles. The van der Waals surface area contributed by atoms with Gasteiger partial charge in [0.15, 0.2) is 0 Å². The second-order valence-electron chi connectivity index (χ2n) is 3.05. The first-order valence-electron chi connectivity index (χ1n) is 4.19. The van der Waals surface area contributed by atoms with Crippen molar-refractivity contribution in [2.45, 2.75) is 31.4 Å². The number of unbranched alkanes of at least 4 members (excludes halogenated alkanes) is 1. The van der Waals surface area contributed by atoms with E-state index in [-0.39, 0.29) is 17.7 Å². The monoisotopic (exact) mass is 187 g/mol. The molecule has 68 valence electrons. The predicted octanol–water partition coefficient (Wildman–Crippen LogP) is 0.748. The average molecular weight is 187 g/mol. The molecule has 2 amide bonds. The zero-order valence-electron chi connectivity index (χ0n) is 7.04. The second kappa shape index (κ2) is 3.94. The normalized spacial score (nSPS) is 29.2. The Bertz CT molecular complexity index is 205. The number of hydrogen-bond acceptors (Lipinski definition) is 3. The van der Waals surface area contributed by atoms with Crippen LogP contribution in [0.25, 0.3) is 0 Å². The molecule has 12 heavy (non-hydrogen) atoms. The molecule has 2 atom stereocenters. The molecule has 0 spiro atoms. The highest BCUT2D eigenvalue weighted by molar-refractivity contribution is 7.82. The van der Waals surface area contributed by atoms with Crippen molar-refractivity contribution in [2.24, 2.45) is 5.92 Å². The Morgan fingerprint density at radius 2 is 2.08 bits per heavy atom. The summed E-state index contributed by atoms with van der Waals surface area (Å²) in [5.74, 6) is -0.612. The molecule has 0 saturated carbocycles. The SMILES string of the molecule is CCCCC1C(=O)NC(=O)C1S. The molecule has 0 aromatic heterocycles. The highest BCUT2D eigenvalue weighted by atomic mass is 32.1. The fourth-order valence-corrected chi connectivity index (χ4v) is 1.68. The van der Waals surface area contributed by atoms with Gasteiger partial charge in [0.25, 0.3) is 0 Å². The van der Waals surface area contributed by atoms with Crippen LogP contribution in [0.3, 0.4) is 0 Å². The van der Waals surface area contributed by atoms with Gasteiger partial charge in [0, 0.05) is 0 Å². The quantitative estimate of drug-likeness (QED) is 0.506. The van der Waals surface area contributed by atoms with E-state index in [0.717, 1.165) is 19.3 Å². The summed E-state index contributed by atoms with van der Waals surface area (Å²) in [6, 6.07) is 0. The van der Waals surface area contributed by atoms with Crippen LogP contribution in [0.5, 0.6) is 0 Å². The predicted molar refractivity (Wildman–Crippen MR) is 48.9 cm³/mol. The van der Waals surface area contributed by atoms with Crippen molar-refractivity contribution in [3.8, 4) is 0 Å². The second-order valence-corrected chi connectivity index (χ2v) is 3.60. The molecule has 0 bridgehead atoms. The molecule has 0 aromatic rings. The number of carbonyl (C=O) groups is 2. The molecule has 1 saturated heterocycles. The third-order valence-electron chi connectivity index (χ3n) is 2.10. The summed E-state index contributed by atoms with van der Waals surface area (Å²) in [5, 5.41) is 1.84. The molecule has 1 aliphatic heterocycles. The van der Waals surface area contributed by atoms with Crippen LogP contribution in [0.4, 0.5) is 0 Å². The van der Waals surface area contributed by atoms with Crippen LogP contribution in [-0.4, -0.2) is 17.1 Å². The lowest BCUT2D eigenvalue weighted by atomic mass is 10.0. The van der Waals surface area contributed by atoms with E-state index >= 15 is 0 Å². The number of amides is 2. The van der Waals surface area contributed by atoms with Crippen LogP contribution < -0.4 is 5.32 Å². The maximum atomic E-state index is 11.1. The van der Waals surface area contributed by atoms with Gasteiger partial charge in [-0.3, -0.25) is 14.9 Å². The largest absolute Gasteiger partial charge is 0.295 e. The molecular formula is C8H13NO2S. The molecule has 0 aliphatic carbocycles. The van der Waals surface area contributed by atoms with Gasteiger partial charge < -0.3 is 0 Å². The van der Waals surface area contributed by atoms with Crippen LogP contribution in [-0.2, 0) is 9.59 Å². The van der Waals surface area contributed by atoms with Crippen molar-refractivity contribution in [3.05, 3.63) is 0 Å². The summed E-state index contributed by atoms with van der Waals surface area (Å²) < 4.78 is 0. The topological polar surface area (TPSA) is 46.2 Å². The first kappa shape index (κ1) is 9.58. The minimum atomic E-state index is -0.427. The Morgan fingerprint density at radius 1 is 1.42 bits per heavy atom. The minimum absolute atomic E-state index is 0.159. The van der Waals surface area contributed by atoms with Gasteiger partial charge in [0.2, 0.25) is 11.8 Å². The van der Waals surface area contributed by atoms with Crippen molar-refractivity contribution in [2.75, 3.05) is 0 Å². The zero-order valence-corrected chi connectivity index (χ0v) is 7.93. The van der Waals surface area contributed by atoms with E-state index in [4.69, 9.17) is 0 Å². The molecular weight excluding hydrogens is 174 g/mol. The minimum Gasteiger partial charge on any atom is -0.295 e. The highest BCUT2D eigenvalue weighted by Crippen LogP contribution is 2.22. The Morgan fingerprint density at radius 3 is 2.50 bits per heavy atom. The van der Waals surface area contributed by atoms with Gasteiger partial charge in [0.05, 0.1) is 11.2 Å². The number of hydrogen-bond donors (Lipinski definition) is 2. The Kier molecular flexibility index (Phi) is 3.14. The van der Waals surface area contributed by atoms with E-state index in [1.807, 2.05) is 0 Å². The first-order valence-corrected chi connectivity index (χ1v) is 4.71. The van der Waals surface area contributed by atoms with Crippen molar-refractivity contribution >= 4 is 24.4 Å². The molecule has 3 nitrogen and oxygen atoms in total. The van der Waals surface area contributed by atoms with Gasteiger partial charge in [0.1, 0.15) is 0 Å². The van der Waals surface area contributed by atoms with Crippen LogP contribution in [0.1, 0.15) is 26.2 Å². The van der Waals surface area contributed by atoms with Crippen LogP contribution in [0.2, 0.25) is 0 Å². The molecule has 1 aliphatic rings. The maximum Gasteiger partial charge on any atom is 0.240 e. The molecule has 2 unspecified atom stereocenters. The van der Waals surface area contributed by atoms with E-state index in [1.54, 1.807) is 0 Å². The molecule has 0 radical (unpaired) electrons. The number of carbonyl (C=O) groups excluding carboxylic acids is 2. The van der Waals surface area contributed by atoms with Gasteiger partial charge >= 0.3 is 0 Å². The number of thiol groups is 1. The highest BCUT2D eigenvalue weighted by Gasteiger charge is 2.38. The van der Waals surface area contributed by atoms with Crippen LogP contribution >= 0.6 is 12.6 Å². The van der Waals surface area contributed by atoms with Gasteiger partial charge in [-0.1, -0.05) is 19.8 Å². The summed E-state index contributed by atoms with van der Waals surface area (Å²) >= 11 is 4.08. The average Bonchev–Trinajstić information content (AvgIpc) is 2.25. The van der Waals surface area contributed by atoms with Crippen LogP contribution in [0.15, 0.2) is 0 Å². The van der Waals surface area contributed by atoms with Crippen molar-refractivity contribution in [3.63, 3.8) is 0 Å². The van der Waals surface area contributed by atoms with Crippen molar-refractivity contribution in [1.82, 2.24) is 5.32 Å². The number of nitrogens with one attached hydrogen (secondary N) is 1. The smallest absolute Gasteiger partial charge is 0.240 e. The van der Waals surface area contributed by atoms with Gasteiger partial charge in [-0.15, -0.1) is 0 Å². The van der Waals surface area contributed by atoms with Crippen LogP contribution in [0, 0.1) is 5.92 Å². The van der Waals surface area contributed by atoms with Gasteiger partial charge in [-0.25, -0.2) is 0 Å². The third-order valence-corrected chi connectivity index (χ3v) is 2.70. The molecule has 4 heteroatoms. The standard InChI is InChI=1S/C8H13NO2S/c1-2-3-4-5-6(12)8(11)9-7(5)10/h5-6,12H,2-4H2,1H3,(H,9,10,11). The Labute approximate surface area is 77.3 Å². The van der Waals surface area contributed by atoms with Crippen molar-refractivity contribution in [1.29, 1.82) is 0 Å². The lowest BCUT2D eigenvalue weighted by molar-refractivity contribution is -0.125. The summed E-state index contributed by atoms with van der Waals surface area (Å²) in [7, 11) is 0. The van der Waals surface area contributed by atoms with E-state index in [1.165, 1.54) is 0 Å². The van der Waals surface area contributed by atoms with E-state index in [9.17, 15) is 9.59 Å². The first-order chi connectivity index (χ1) is 5.66. The lowest BCUT2D eigenvalue weighted by Gasteiger charge is -2.07. The third kappa shape index (κ3) is 1.80. The number of imide groups is 1. The van der Waals surface area contributed by atoms with Gasteiger partial charge in [-0.05, 0) is 6.42 Å². The summed E-state index contributed by atoms with van der Waals surface area (Å²) in [5.41, 5.74) is 0. The zero-order chi connectivity index (χ0) is 9.14. The summed E-state index contributed by atoms with van der Waals surface area (Å²) in [6.07, 6.45) is 2.78. The Hall–Kier alpha value is -0.510. The maximum absolute atomic E-state index is 11.1. The van der Waals surface area contributed by atoms with E-state index in [0.29, 0.717) is 0 Å². The fourth-order valence-electron chi connectivity index (χ4n) is 1.33. The summed E-state index contributed by atoms with van der Waals surface area (Å²) in [4.78, 5) is 22.1. The molecule has 1 rings (SSSR count). The van der Waals surface area contributed by atoms with E-state index in [2.05, 4.69) is 24.9 Å². The van der Waals surface area contributed by atoms with Gasteiger partial charge in [-0.2, -0.15) is 12.6 Å². The molecule has 1 heterocycles. The van der Waals surface area contributed by atoms with E-state index < -0.39 is 5.25 Å². The number of rotatable bonds is 3. The fraction of sp³-hybridized carbons (Fsp3) is 0.750. The Balaban J connectivity index is 2.51. The lowest BCUT2D eigenvalue weighted by Crippen LogP contribution is -2.22. The molecule has 1 N–H and O–H groups in total. The molecule has 1 fully saturated rings.